The number of epoxide rings is 1. The first-order valence-corrected chi connectivity index (χ1v) is 7.17. The minimum absolute atomic E-state index is 0.0791. The molecule has 3 atom stereocenters. The zero-order chi connectivity index (χ0) is 15.7. The lowest BCUT2D eigenvalue weighted by Gasteiger charge is -2.25. The molecule has 1 saturated heterocycles. The van der Waals surface area contributed by atoms with Crippen LogP contribution in [0.1, 0.15) is 54.9 Å². The molecule has 0 aromatic rings. The second kappa shape index (κ2) is 5.72. The molecule has 0 aromatic heterocycles. The minimum atomic E-state index is -0.769. The van der Waals surface area contributed by atoms with Gasteiger partial charge in [-0.2, -0.15) is 0 Å². The number of ketones is 1. The van der Waals surface area contributed by atoms with E-state index in [9.17, 15) is 9.59 Å². The lowest BCUT2D eigenvalue weighted by molar-refractivity contribution is -0.126. The maximum atomic E-state index is 12.5. The fourth-order valence-corrected chi connectivity index (χ4v) is 2.09. The van der Waals surface area contributed by atoms with Gasteiger partial charge in [-0.25, -0.2) is 4.79 Å². The first-order chi connectivity index (χ1) is 8.95. The van der Waals surface area contributed by atoms with Crippen LogP contribution in [0.4, 0.5) is 4.79 Å². The summed E-state index contributed by atoms with van der Waals surface area (Å²) >= 11 is 0. The maximum Gasteiger partial charge on any atom is 0.408 e. The molecule has 0 saturated carbocycles. The van der Waals surface area contributed by atoms with Gasteiger partial charge in [0.15, 0.2) is 11.4 Å². The van der Waals surface area contributed by atoms with Crippen LogP contribution in [0.3, 0.4) is 0 Å². The molecule has 0 aromatic carbocycles. The number of amides is 1. The van der Waals surface area contributed by atoms with Gasteiger partial charge >= 0.3 is 6.09 Å². The second-order valence-electron chi connectivity index (χ2n) is 7.06. The van der Waals surface area contributed by atoms with Gasteiger partial charge in [-0.1, -0.05) is 13.8 Å². The summed E-state index contributed by atoms with van der Waals surface area (Å²) < 4.78 is 10.6. The van der Waals surface area contributed by atoms with E-state index in [2.05, 4.69) is 5.32 Å². The Hall–Kier alpha value is -1.10. The van der Waals surface area contributed by atoms with Crippen molar-refractivity contribution in [2.75, 3.05) is 0 Å². The largest absolute Gasteiger partial charge is 0.444 e. The molecular weight excluding hydrogens is 258 g/mol. The van der Waals surface area contributed by atoms with Crippen molar-refractivity contribution in [1.29, 1.82) is 0 Å². The third kappa shape index (κ3) is 4.47. The van der Waals surface area contributed by atoms with E-state index in [4.69, 9.17) is 9.47 Å². The molecule has 5 heteroatoms. The van der Waals surface area contributed by atoms with E-state index in [0.717, 1.165) is 0 Å². The van der Waals surface area contributed by atoms with Crippen molar-refractivity contribution in [2.45, 2.75) is 78.2 Å². The number of hydrogen-bond donors (Lipinski definition) is 1. The lowest BCUT2D eigenvalue weighted by Crippen LogP contribution is -2.48. The summed E-state index contributed by atoms with van der Waals surface area (Å²) in [5, 5.41) is 2.68. The highest BCUT2D eigenvalue weighted by Gasteiger charge is 2.57. The Bertz CT molecular complexity index is 386. The monoisotopic (exact) mass is 285 g/mol. The number of Topliss-reactive ketones (excluding diaryl/α,β-unsaturated/α-hetero) is 1. The van der Waals surface area contributed by atoms with Gasteiger partial charge in [0.25, 0.3) is 0 Å². The molecule has 1 amide bonds. The van der Waals surface area contributed by atoms with Gasteiger partial charge in [0.1, 0.15) is 5.60 Å². The van der Waals surface area contributed by atoms with Gasteiger partial charge in [-0.05, 0) is 47.0 Å². The summed E-state index contributed by atoms with van der Waals surface area (Å²) in [4.78, 5) is 24.3. The van der Waals surface area contributed by atoms with Gasteiger partial charge in [0.2, 0.25) is 0 Å². The first-order valence-electron chi connectivity index (χ1n) is 7.17. The molecule has 1 rings (SSSR count). The average Bonchev–Trinajstić information content (AvgIpc) is 2.82. The average molecular weight is 285 g/mol. The number of hydrogen-bond acceptors (Lipinski definition) is 4. The molecule has 1 aliphatic rings. The summed E-state index contributed by atoms with van der Waals surface area (Å²) in [6.07, 6.45) is -0.0810. The minimum Gasteiger partial charge on any atom is -0.444 e. The lowest BCUT2D eigenvalue weighted by atomic mass is 9.91. The van der Waals surface area contributed by atoms with Crippen LogP contribution in [0, 0.1) is 5.92 Å². The van der Waals surface area contributed by atoms with E-state index in [1.54, 1.807) is 27.7 Å². The van der Waals surface area contributed by atoms with Crippen LogP contribution < -0.4 is 5.32 Å². The molecular formula is C15H27NO4. The standard InChI is InChI=1S/C15H27NO4/c1-9(2)8-11(12(17)15(7)10(3)19-15)16-13(18)20-14(4,5)6/h9-11H,8H2,1-7H3,(H,16,18)/t10-,11-,15+/m0/s1. The van der Waals surface area contributed by atoms with Crippen LogP contribution >= 0.6 is 0 Å². The number of alkyl carbamates (subject to hydrolysis) is 1. The second-order valence-corrected chi connectivity index (χ2v) is 7.06. The third-order valence-electron chi connectivity index (χ3n) is 3.34. The smallest absolute Gasteiger partial charge is 0.408 e. The Morgan fingerprint density at radius 1 is 1.35 bits per heavy atom. The summed E-state index contributed by atoms with van der Waals surface area (Å²) in [5.41, 5.74) is -1.35. The zero-order valence-electron chi connectivity index (χ0n) is 13.6. The Morgan fingerprint density at radius 2 is 1.85 bits per heavy atom. The maximum absolute atomic E-state index is 12.5. The van der Waals surface area contributed by atoms with Crippen LogP contribution in [0.15, 0.2) is 0 Å². The van der Waals surface area contributed by atoms with Crippen LogP contribution in [-0.4, -0.2) is 35.2 Å². The van der Waals surface area contributed by atoms with Crippen LogP contribution in [0.5, 0.6) is 0 Å². The number of carbonyl (C=O) groups is 2. The third-order valence-corrected chi connectivity index (χ3v) is 3.34. The molecule has 0 aliphatic carbocycles. The molecule has 0 radical (unpaired) electrons. The topological polar surface area (TPSA) is 67.9 Å². The number of nitrogens with one attached hydrogen (secondary N) is 1. The highest BCUT2D eigenvalue weighted by Crippen LogP contribution is 2.38. The van der Waals surface area contributed by atoms with E-state index in [0.29, 0.717) is 6.42 Å². The number of ether oxygens (including phenoxy) is 2. The molecule has 0 unspecified atom stereocenters. The Morgan fingerprint density at radius 3 is 2.20 bits per heavy atom. The van der Waals surface area contributed by atoms with Gasteiger partial charge in [-0.3, -0.25) is 4.79 Å². The molecule has 0 bridgehead atoms. The first kappa shape index (κ1) is 17.0. The molecule has 20 heavy (non-hydrogen) atoms. The van der Waals surface area contributed by atoms with Crippen molar-refractivity contribution in [1.82, 2.24) is 5.32 Å². The van der Waals surface area contributed by atoms with Gasteiger partial charge in [-0.15, -0.1) is 0 Å². The van der Waals surface area contributed by atoms with Crippen molar-refractivity contribution >= 4 is 11.9 Å². The van der Waals surface area contributed by atoms with E-state index >= 15 is 0 Å². The van der Waals surface area contributed by atoms with Crippen molar-refractivity contribution in [3.05, 3.63) is 0 Å². The highest BCUT2D eigenvalue weighted by atomic mass is 16.6. The van der Waals surface area contributed by atoms with Crippen LogP contribution in [-0.2, 0) is 14.3 Å². The molecule has 1 fully saturated rings. The van der Waals surface area contributed by atoms with Crippen molar-refractivity contribution in [3.63, 3.8) is 0 Å². The SMILES string of the molecule is CC(C)C[C@H](NC(=O)OC(C)(C)C)C(=O)[C@]1(C)O[C@H]1C. The fraction of sp³-hybridized carbons (Fsp3) is 0.867. The zero-order valence-corrected chi connectivity index (χ0v) is 13.6. The Balaban J connectivity index is 2.70. The molecule has 1 N–H and O–H groups in total. The number of carbonyl (C=O) groups excluding carboxylic acids is 2. The molecule has 116 valence electrons. The summed E-state index contributed by atoms with van der Waals surface area (Å²) in [7, 11) is 0. The predicted octanol–water partition coefficient (Wildman–Crippen LogP) is 2.67. The van der Waals surface area contributed by atoms with Crippen molar-refractivity contribution in [3.8, 4) is 0 Å². The van der Waals surface area contributed by atoms with E-state index in [1.807, 2.05) is 20.8 Å². The fourth-order valence-electron chi connectivity index (χ4n) is 2.09. The Kier molecular flexibility index (Phi) is 4.85. The predicted molar refractivity (Wildman–Crippen MR) is 76.6 cm³/mol. The van der Waals surface area contributed by atoms with E-state index in [-0.39, 0.29) is 17.8 Å². The number of rotatable bonds is 5. The van der Waals surface area contributed by atoms with Crippen molar-refractivity contribution in [2.24, 2.45) is 5.92 Å². The summed E-state index contributed by atoms with van der Waals surface area (Å²) in [6.45, 7) is 13.0. The van der Waals surface area contributed by atoms with Gasteiger partial charge < -0.3 is 14.8 Å². The van der Waals surface area contributed by atoms with Gasteiger partial charge in [0, 0.05) is 0 Å². The molecule has 5 nitrogen and oxygen atoms in total. The van der Waals surface area contributed by atoms with E-state index < -0.39 is 23.3 Å². The quantitative estimate of drug-likeness (QED) is 0.789. The van der Waals surface area contributed by atoms with E-state index in [1.165, 1.54) is 0 Å². The molecule has 1 aliphatic heterocycles. The summed E-state index contributed by atoms with van der Waals surface area (Å²) in [6, 6.07) is -0.570. The molecule has 1 heterocycles. The van der Waals surface area contributed by atoms with Gasteiger partial charge in [0.05, 0.1) is 12.1 Å². The summed E-state index contributed by atoms with van der Waals surface area (Å²) in [5.74, 6) is 0.209. The van der Waals surface area contributed by atoms with Crippen LogP contribution in [0.2, 0.25) is 0 Å². The highest BCUT2D eigenvalue weighted by molar-refractivity contribution is 5.96. The molecule has 0 spiro atoms. The van der Waals surface area contributed by atoms with Crippen molar-refractivity contribution < 1.29 is 19.1 Å². The normalized spacial score (nSPS) is 27.1. The Labute approximate surface area is 121 Å². The van der Waals surface area contributed by atoms with Crippen LogP contribution in [0.25, 0.3) is 0 Å².